The largest absolute Gasteiger partial charge is 0.467 e. The van der Waals surface area contributed by atoms with Crippen LogP contribution in [0.3, 0.4) is 0 Å². The molecule has 0 N–H and O–H groups in total. The third-order valence-corrected chi connectivity index (χ3v) is 3.93. The second-order valence-electron chi connectivity index (χ2n) is 5.37. The Bertz CT molecular complexity index is 437. The van der Waals surface area contributed by atoms with Crippen molar-refractivity contribution in [1.82, 2.24) is 14.9 Å². The monoisotopic (exact) mass is 248 g/mol. The van der Waals surface area contributed by atoms with Crippen LogP contribution in [0.2, 0.25) is 0 Å². The number of hydrogen-bond donors (Lipinski definition) is 0. The Balaban J connectivity index is 1.93. The quantitative estimate of drug-likeness (QED) is 0.783. The van der Waals surface area contributed by atoms with Crippen molar-refractivity contribution in [3.05, 3.63) is 11.8 Å². The summed E-state index contributed by atoms with van der Waals surface area (Å²) in [7, 11) is 3.83. The summed E-state index contributed by atoms with van der Waals surface area (Å²) in [6.07, 6.45) is 2.53. The van der Waals surface area contributed by atoms with Crippen LogP contribution in [-0.4, -0.2) is 54.2 Å². The Hall–Kier alpha value is -1.36. The van der Waals surface area contributed by atoms with E-state index in [9.17, 15) is 0 Å². The highest BCUT2D eigenvalue weighted by Crippen LogP contribution is 2.34. The molecule has 0 amide bonds. The summed E-state index contributed by atoms with van der Waals surface area (Å²) < 4.78 is 5.18. The van der Waals surface area contributed by atoms with E-state index in [-0.39, 0.29) is 0 Å². The number of likely N-dealkylation sites (N-methyl/N-ethyl adjacent to an activating group) is 1. The van der Waals surface area contributed by atoms with Gasteiger partial charge in [-0.05, 0) is 26.8 Å². The smallest absolute Gasteiger partial charge is 0.318 e. The number of hydrogen-bond acceptors (Lipinski definition) is 5. The maximum atomic E-state index is 5.18. The van der Waals surface area contributed by atoms with Gasteiger partial charge < -0.3 is 14.5 Å². The van der Waals surface area contributed by atoms with Crippen LogP contribution in [0.15, 0.2) is 6.07 Å². The van der Waals surface area contributed by atoms with Crippen molar-refractivity contribution < 1.29 is 4.74 Å². The third kappa shape index (κ3) is 1.92. The molecule has 2 aliphatic rings. The molecule has 2 aliphatic heterocycles. The predicted octanol–water partition coefficient (Wildman–Crippen LogP) is 1.08. The SMILES string of the molecule is COc1nc(C)cc(N2C3CCC2CN(C)C3)n1. The van der Waals surface area contributed by atoms with E-state index in [4.69, 9.17) is 4.74 Å². The molecule has 0 saturated carbocycles. The van der Waals surface area contributed by atoms with Crippen molar-refractivity contribution in [1.29, 1.82) is 0 Å². The predicted molar refractivity (Wildman–Crippen MR) is 70.1 cm³/mol. The van der Waals surface area contributed by atoms with Crippen LogP contribution in [0.1, 0.15) is 18.5 Å². The van der Waals surface area contributed by atoms with Gasteiger partial charge in [0.25, 0.3) is 0 Å². The van der Waals surface area contributed by atoms with Gasteiger partial charge in [0.1, 0.15) is 5.82 Å². The molecular weight excluding hydrogens is 228 g/mol. The molecule has 2 unspecified atom stereocenters. The number of methoxy groups -OCH3 is 1. The number of ether oxygens (including phenoxy) is 1. The Labute approximate surface area is 108 Å². The molecule has 5 nitrogen and oxygen atoms in total. The van der Waals surface area contributed by atoms with Gasteiger partial charge in [-0.25, -0.2) is 4.98 Å². The maximum Gasteiger partial charge on any atom is 0.318 e. The first-order chi connectivity index (χ1) is 8.67. The summed E-state index contributed by atoms with van der Waals surface area (Å²) in [4.78, 5) is 13.7. The lowest BCUT2D eigenvalue weighted by Crippen LogP contribution is -2.52. The third-order valence-electron chi connectivity index (χ3n) is 3.93. The molecule has 2 bridgehead atoms. The minimum Gasteiger partial charge on any atom is -0.467 e. The Kier molecular flexibility index (Phi) is 2.86. The van der Waals surface area contributed by atoms with Gasteiger partial charge in [-0.15, -0.1) is 0 Å². The summed E-state index contributed by atoms with van der Waals surface area (Å²) in [6, 6.07) is 3.72. The zero-order valence-corrected chi connectivity index (χ0v) is 11.3. The molecule has 2 atom stereocenters. The van der Waals surface area contributed by atoms with Gasteiger partial charge in [-0.1, -0.05) is 0 Å². The van der Waals surface area contributed by atoms with Gasteiger partial charge in [0.2, 0.25) is 0 Å². The van der Waals surface area contributed by atoms with E-state index < -0.39 is 0 Å². The highest BCUT2D eigenvalue weighted by molar-refractivity contribution is 5.45. The second-order valence-corrected chi connectivity index (χ2v) is 5.37. The molecule has 0 radical (unpaired) electrons. The van der Waals surface area contributed by atoms with Crippen LogP contribution in [0.5, 0.6) is 6.01 Å². The van der Waals surface area contributed by atoms with Gasteiger partial charge >= 0.3 is 6.01 Å². The molecule has 1 aromatic rings. The average molecular weight is 248 g/mol. The highest BCUT2D eigenvalue weighted by Gasteiger charge is 2.39. The molecular formula is C13H20N4O. The lowest BCUT2D eigenvalue weighted by Gasteiger charge is -2.40. The molecule has 0 aliphatic carbocycles. The molecule has 18 heavy (non-hydrogen) atoms. The Morgan fingerprint density at radius 3 is 2.50 bits per heavy atom. The molecule has 2 fully saturated rings. The molecule has 5 heteroatoms. The minimum atomic E-state index is 0.475. The molecule has 1 aromatic heterocycles. The van der Waals surface area contributed by atoms with Gasteiger partial charge in [0.15, 0.2) is 0 Å². The Morgan fingerprint density at radius 2 is 1.89 bits per heavy atom. The number of anilines is 1. The number of fused-ring (bicyclic) bond motifs is 2. The van der Waals surface area contributed by atoms with Crippen LogP contribution in [0, 0.1) is 6.92 Å². The summed E-state index contributed by atoms with van der Waals surface area (Å²) >= 11 is 0. The van der Waals surface area contributed by atoms with E-state index in [2.05, 4.69) is 32.9 Å². The highest BCUT2D eigenvalue weighted by atomic mass is 16.5. The molecule has 3 heterocycles. The summed E-state index contributed by atoms with van der Waals surface area (Å²) in [5, 5.41) is 0. The van der Waals surface area contributed by atoms with E-state index >= 15 is 0 Å². The van der Waals surface area contributed by atoms with Gasteiger partial charge in [0, 0.05) is 36.9 Å². The summed E-state index contributed by atoms with van der Waals surface area (Å²) in [6.45, 7) is 4.25. The zero-order valence-electron chi connectivity index (χ0n) is 11.3. The van der Waals surface area contributed by atoms with Crippen molar-refractivity contribution in [3.63, 3.8) is 0 Å². The van der Waals surface area contributed by atoms with Crippen molar-refractivity contribution in [2.45, 2.75) is 31.8 Å². The average Bonchev–Trinajstić information content (AvgIpc) is 2.61. The first kappa shape index (κ1) is 11.7. The molecule has 2 saturated heterocycles. The van der Waals surface area contributed by atoms with Crippen molar-refractivity contribution in [2.75, 3.05) is 32.1 Å². The van der Waals surface area contributed by atoms with E-state index in [1.807, 2.05) is 6.92 Å². The van der Waals surface area contributed by atoms with Crippen molar-refractivity contribution >= 4 is 5.82 Å². The van der Waals surface area contributed by atoms with E-state index in [1.165, 1.54) is 12.8 Å². The maximum absolute atomic E-state index is 5.18. The number of likely N-dealkylation sites (tertiary alicyclic amines) is 1. The van der Waals surface area contributed by atoms with Crippen LogP contribution >= 0.6 is 0 Å². The fraction of sp³-hybridized carbons (Fsp3) is 0.692. The van der Waals surface area contributed by atoms with E-state index in [0.717, 1.165) is 24.6 Å². The normalized spacial score (nSPS) is 27.6. The number of aryl methyl sites for hydroxylation is 1. The van der Waals surface area contributed by atoms with Crippen LogP contribution in [0.4, 0.5) is 5.82 Å². The molecule has 0 spiro atoms. The lowest BCUT2D eigenvalue weighted by atomic mass is 10.2. The van der Waals surface area contributed by atoms with Crippen LogP contribution < -0.4 is 9.64 Å². The van der Waals surface area contributed by atoms with Gasteiger partial charge in [0.05, 0.1) is 7.11 Å². The number of nitrogens with zero attached hydrogens (tertiary/aromatic N) is 4. The molecule has 0 aromatic carbocycles. The van der Waals surface area contributed by atoms with Crippen molar-refractivity contribution in [3.8, 4) is 6.01 Å². The summed E-state index contributed by atoms with van der Waals surface area (Å²) in [5.74, 6) is 1.03. The number of aromatic nitrogens is 2. The fourth-order valence-corrected chi connectivity index (χ4v) is 3.24. The van der Waals surface area contributed by atoms with Crippen LogP contribution in [-0.2, 0) is 0 Å². The number of rotatable bonds is 2. The Morgan fingerprint density at radius 1 is 1.22 bits per heavy atom. The first-order valence-corrected chi connectivity index (χ1v) is 6.54. The standard InChI is InChI=1S/C13H20N4O/c1-9-6-12(15-13(14-9)18-3)17-10-4-5-11(17)8-16(2)7-10/h6,10-11H,4-5,7-8H2,1-3H3. The van der Waals surface area contributed by atoms with Gasteiger partial charge in [-0.2, -0.15) is 4.98 Å². The van der Waals surface area contributed by atoms with Gasteiger partial charge in [-0.3, -0.25) is 0 Å². The molecule has 98 valence electrons. The zero-order chi connectivity index (χ0) is 12.7. The first-order valence-electron chi connectivity index (χ1n) is 6.54. The molecule has 3 rings (SSSR count). The minimum absolute atomic E-state index is 0.475. The second kappa shape index (κ2) is 4.39. The number of piperazine rings is 1. The van der Waals surface area contributed by atoms with E-state index in [0.29, 0.717) is 18.1 Å². The van der Waals surface area contributed by atoms with E-state index in [1.54, 1.807) is 7.11 Å². The van der Waals surface area contributed by atoms with Crippen molar-refractivity contribution in [2.24, 2.45) is 0 Å². The topological polar surface area (TPSA) is 41.5 Å². The van der Waals surface area contributed by atoms with Crippen LogP contribution in [0.25, 0.3) is 0 Å². The fourth-order valence-electron chi connectivity index (χ4n) is 3.24. The lowest BCUT2D eigenvalue weighted by molar-refractivity contribution is 0.263. The summed E-state index contributed by atoms with van der Waals surface area (Å²) in [5.41, 5.74) is 0.968.